The Bertz CT molecular complexity index is 25.1. The number of rotatable bonds is 2. The average molecular weight is 133 g/mol. The monoisotopic (exact) mass is 132 g/mol. The van der Waals surface area contributed by atoms with Gasteiger partial charge in [0.05, 0.1) is 0 Å². The van der Waals surface area contributed by atoms with Gasteiger partial charge in [0.25, 0.3) is 0 Å². The average Bonchev–Trinajstić information content (AvgIpc) is 1.41. The van der Waals surface area contributed by atoms with Gasteiger partial charge in [0, 0.05) is 0 Å². The van der Waals surface area contributed by atoms with Crippen LogP contribution in [0.25, 0.3) is 0 Å². The fourth-order valence-corrected chi connectivity index (χ4v) is 0.144. The van der Waals surface area contributed by atoms with E-state index in [4.69, 9.17) is 0 Å². The molecule has 0 aliphatic carbocycles. The Kier molecular flexibility index (Phi) is 14.3. The van der Waals surface area contributed by atoms with E-state index < -0.39 is 0 Å². The van der Waals surface area contributed by atoms with Crippen LogP contribution in [0.2, 0.25) is 0 Å². The van der Waals surface area contributed by atoms with Crippen molar-refractivity contribution in [1.82, 2.24) is 0 Å². The van der Waals surface area contributed by atoms with Gasteiger partial charge in [-0.1, -0.05) is 12.5 Å². The number of hydrogen-bond acceptors (Lipinski definition) is 0. The van der Waals surface area contributed by atoms with Crippen molar-refractivity contribution in [1.29, 1.82) is 0 Å². The Morgan fingerprint density at radius 2 is 2.17 bits per heavy atom. The van der Waals surface area contributed by atoms with Crippen molar-refractivity contribution in [2.24, 2.45) is 0 Å². The first kappa shape index (κ1) is 9.54. The van der Waals surface area contributed by atoms with Crippen LogP contribution < -0.4 is 0 Å². The Morgan fingerprint density at radius 1 is 1.67 bits per heavy atom. The molecule has 0 aromatic carbocycles. The van der Waals surface area contributed by atoms with Gasteiger partial charge in [0.15, 0.2) is 0 Å². The Balaban J connectivity index is 0. The van der Waals surface area contributed by atoms with Gasteiger partial charge < -0.3 is 6.92 Å². The summed E-state index contributed by atoms with van der Waals surface area (Å²) in [6.45, 7) is 7.11. The second kappa shape index (κ2) is 8.98. The van der Waals surface area contributed by atoms with Crippen LogP contribution in [-0.2, 0) is 17.1 Å². The van der Waals surface area contributed by atoms with E-state index in [2.05, 4.69) is 13.5 Å². The SMILES string of the molecule is C=CCC[CH2-].[Cu+]. The van der Waals surface area contributed by atoms with Crippen LogP contribution in [0.3, 0.4) is 0 Å². The molecule has 0 aliphatic rings. The normalized spacial score (nSPS) is 6.17. The Morgan fingerprint density at radius 3 is 2.17 bits per heavy atom. The topological polar surface area (TPSA) is 0 Å². The van der Waals surface area contributed by atoms with Gasteiger partial charge in [-0.25, -0.2) is 0 Å². The van der Waals surface area contributed by atoms with Crippen LogP contribution in [0.5, 0.6) is 0 Å². The van der Waals surface area contributed by atoms with E-state index >= 15 is 0 Å². The van der Waals surface area contributed by atoms with Crippen molar-refractivity contribution in [3.63, 3.8) is 0 Å². The van der Waals surface area contributed by atoms with Gasteiger partial charge in [-0.2, -0.15) is 6.42 Å². The maximum atomic E-state index is 3.60. The number of allylic oxidation sites excluding steroid dienone is 1. The molecular weight excluding hydrogens is 124 g/mol. The van der Waals surface area contributed by atoms with Gasteiger partial charge in [-0.05, 0) is 0 Å². The molecule has 0 spiro atoms. The van der Waals surface area contributed by atoms with E-state index in [1.54, 1.807) is 0 Å². The molecule has 0 aromatic rings. The van der Waals surface area contributed by atoms with Crippen molar-refractivity contribution in [3.05, 3.63) is 19.6 Å². The maximum Gasteiger partial charge on any atom is 1.00 e. The smallest absolute Gasteiger partial charge is 0.343 e. The molecule has 40 valence electrons. The number of hydrogen-bond donors (Lipinski definition) is 0. The third-order valence-corrected chi connectivity index (χ3v) is 0.408. The van der Waals surface area contributed by atoms with E-state index in [9.17, 15) is 0 Å². The molecule has 0 nitrogen and oxygen atoms in total. The van der Waals surface area contributed by atoms with Crippen LogP contribution in [-0.4, -0.2) is 0 Å². The summed E-state index contributed by atoms with van der Waals surface area (Å²) in [5, 5.41) is 0. The molecule has 0 saturated heterocycles. The van der Waals surface area contributed by atoms with Gasteiger partial charge in [0.1, 0.15) is 0 Å². The molecular formula is C5H9Cu. The first-order valence-electron chi connectivity index (χ1n) is 1.82. The third kappa shape index (κ3) is 8.86. The fraction of sp³-hybridized carbons (Fsp3) is 0.400. The first-order chi connectivity index (χ1) is 2.41. The second-order valence-corrected chi connectivity index (χ2v) is 0.931. The van der Waals surface area contributed by atoms with Crippen LogP contribution in [0, 0.1) is 6.92 Å². The molecule has 0 atom stereocenters. The zero-order valence-electron chi connectivity index (χ0n) is 3.71. The largest absolute Gasteiger partial charge is 1.00 e. The summed E-state index contributed by atoms with van der Waals surface area (Å²) in [4.78, 5) is 0. The van der Waals surface area contributed by atoms with Crippen molar-refractivity contribution >= 4 is 0 Å². The summed E-state index contributed by atoms with van der Waals surface area (Å²) in [5.74, 6) is 0. The van der Waals surface area contributed by atoms with E-state index in [1.807, 2.05) is 6.08 Å². The van der Waals surface area contributed by atoms with Gasteiger partial charge in [-0.15, -0.1) is 6.58 Å². The zero-order chi connectivity index (χ0) is 4.12. The molecule has 0 aromatic heterocycles. The number of unbranched alkanes of at least 4 members (excludes halogenated alkanes) is 1. The minimum absolute atomic E-state index is 0. The molecule has 0 heterocycles. The molecule has 0 unspecified atom stereocenters. The zero-order valence-corrected chi connectivity index (χ0v) is 4.65. The second-order valence-electron chi connectivity index (χ2n) is 0.931. The standard InChI is InChI=1S/C5H9.Cu/c1-3-5-4-2;/h3H,1-2,4-5H2;/q-1;+1. The summed E-state index contributed by atoms with van der Waals surface area (Å²) in [6.07, 6.45) is 3.89. The predicted octanol–water partition coefficient (Wildman–Crippen LogP) is 1.78. The predicted molar refractivity (Wildman–Crippen MR) is 24.8 cm³/mol. The molecule has 1 heteroatoms. The Labute approximate surface area is 50.1 Å². The molecule has 0 radical (unpaired) electrons. The summed E-state index contributed by atoms with van der Waals surface area (Å²) in [6, 6.07) is 0. The molecule has 0 bridgehead atoms. The van der Waals surface area contributed by atoms with Crippen LogP contribution in [0.4, 0.5) is 0 Å². The summed E-state index contributed by atoms with van der Waals surface area (Å²) < 4.78 is 0. The fourth-order valence-electron chi connectivity index (χ4n) is 0.144. The molecule has 0 amide bonds. The molecule has 0 N–H and O–H groups in total. The third-order valence-electron chi connectivity index (χ3n) is 0.408. The summed E-state index contributed by atoms with van der Waals surface area (Å²) >= 11 is 0. The van der Waals surface area contributed by atoms with Crippen molar-refractivity contribution < 1.29 is 17.1 Å². The minimum atomic E-state index is 0. The molecule has 6 heavy (non-hydrogen) atoms. The van der Waals surface area contributed by atoms with Gasteiger partial charge >= 0.3 is 17.1 Å². The van der Waals surface area contributed by atoms with Crippen LogP contribution >= 0.6 is 0 Å². The van der Waals surface area contributed by atoms with Crippen molar-refractivity contribution in [2.45, 2.75) is 12.8 Å². The first-order valence-corrected chi connectivity index (χ1v) is 1.82. The molecule has 0 saturated carbocycles. The maximum absolute atomic E-state index is 3.60. The molecule has 0 aliphatic heterocycles. The summed E-state index contributed by atoms with van der Waals surface area (Å²) in [5.41, 5.74) is 0. The van der Waals surface area contributed by atoms with Crippen molar-refractivity contribution in [3.8, 4) is 0 Å². The van der Waals surface area contributed by atoms with E-state index in [0.29, 0.717) is 0 Å². The molecule has 0 fully saturated rings. The van der Waals surface area contributed by atoms with E-state index in [-0.39, 0.29) is 17.1 Å². The van der Waals surface area contributed by atoms with Crippen molar-refractivity contribution in [2.75, 3.05) is 0 Å². The molecule has 0 rings (SSSR count). The van der Waals surface area contributed by atoms with E-state index in [0.717, 1.165) is 12.8 Å². The van der Waals surface area contributed by atoms with Gasteiger partial charge in [0.2, 0.25) is 0 Å². The quantitative estimate of drug-likeness (QED) is 0.305. The summed E-state index contributed by atoms with van der Waals surface area (Å²) in [7, 11) is 0. The van der Waals surface area contributed by atoms with Gasteiger partial charge in [-0.3, -0.25) is 0 Å². The Hall–Kier alpha value is 0.259. The van der Waals surface area contributed by atoms with Crippen LogP contribution in [0.1, 0.15) is 12.8 Å². The van der Waals surface area contributed by atoms with Crippen LogP contribution in [0.15, 0.2) is 12.7 Å². The minimum Gasteiger partial charge on any atom is -0.343 e. The van der Waals surface area contributed by atoms with E-state index in [1.165, 1.54) is 0 Å².